The van der Waals surface area contributed by atoms with Gasteiger partial charge in [-0.15, -0.1) is 6.58 Å². The number of H-pyrrole nitrogens is 1. The number of rotatable bonds is 4. The van der Waals surface area contributed by atoms with Crippen molar-refractivity contribution >= 4 is 0 Å². The summed E-state index contributed by atoms with van der Waals surface area (Å²) in [6.07, 6.45) is 1.73. The molecule has 1 aromatic rings. The van der Waals surface area contributed by atoms with Crippen LogP contribution in [-0.4, -0.2) is 11.8 Å². The summed E-state index contributed by atoms with van der Waals surface area (Å²) in [4.78, 5) is 10.9. The van der Waals surface area contributed by atoms with E-state index in [2.05, 4.69) is 21.7 Å². The Balaban J connectivity index is 2.61. The highest BCUT2D eigenvalue weighted by molar-refractivity contribution is 4.83. The molecule has 0 amide bonds. The van der Waals surface area contributed by atoms with E-state index in [0.29, 0.717) is 18.8 Å². The second kappa shape index (κ2) is 3.87. The van der Waals surface area contributed by atoms with Gasteiger partial charge in [-0.25, -0.2) is 4.79 Å². The van der Waals surface area contributed by atoms with Crippen LogP contribution in [-0.2, 0) is 13.6 Å². The minimum atomic E-state index is -0.339. The highest BCUT2D eigenvalue weighted by atomic mass is 16.5. The third kappa shape index (κ3) is 1.82. The molecule has 0 atom stereocenters. The molecule has 2 N–H and O–H groups in total. The van der Waals surface area contributed by atoms with Gasteiger partial charge in [-0.05, 0) is 5.27 Å². The fraction of sp³-hybridized carbons (Fsp3) is 0.429. The lowest BCUT2D eigenvalue weighted by Gasteiger charge is -1.91. The van der Waals surface area contributed by atoms with Crippen LogP contribution >= 0.6 is 0 Å². The summed E-state index contributed by atoms with van der Waals surface area (Å²) in [5.41, 5.74) is 0.228. The smallest absolute Gasteiger partial charge is 0.304 e. The van der Waals surface area contributed by atoms with Gasteiger partial charge in [0.2, 0.25) is 0 Å². The molecule has 0 saturated carbocycles. The number of nitrogens with zero attached hydrogens (tertiary/aromatic N) is 1. The summed E-state index contributed by atoms with van der Waals surface area (Å²) in [5, 5.41) is 5.43. The predicted molar refractivity (Wildman–Crippen MR) is 42.4 cm³/mol. The van der Waals surface area contributed by atoms with Crippen LogP contribution in [0.2, 0.25) is 0 Å². The molecule has 0 unspecified atom stereocenters. The van der Waals surface area contributed by atoms with Crippen LogP contribution in [0.15, 0.2) is 22.0 Å². The number of hydrogen-bond donors (Lipinski definition) is 2. The second-order valence-electron chi connectivity index (χ2n) is 2.41. The van der Waals surface area contributed by atoms with E-state index in [-0.39, 0.29) is 5.63 Å². The molecule has 0 saturated heterocycles. The summed E-state index contributed by atoms with van der Waals surface area (Å²) >= 11 is 0. The lowest BCUT2D eigenvalue weighted by Crippen LogP contribution is -2.39. The van der Waals surface area contributed by atoms with Gasteiger partial charge < -0.3 is 5.32 Å². The van der Waals surface area contributed by atoms with Crippen LogP contribution < -0.4 is 15.6 Å². The molecule has 0 bridgehead atoms. The first-order valence-corrected chi connectivity index (χ1v) is 3.63. The van der Waals surface area contributed by atoms with E-state index >= 15 is 0 Å². The van der Waals surface area contributed by atoms with E-state index in [1.54, 1.807) is 17.8 Å². The molecule has 1 aromatic heterocycles. The summed E-state index contributed by atoms with van der Waals surface area (Å²) in [7, 11) is 1.72. The van der Waals surface area contributed by atoms with E-state index < -0.39 is 0 Å². The lowest BCUT2D eigenvalue weighted by atomic mass is 10.4. The first-order chi connectivity index (χ1) is 5.75. The van der Waals surface area contributed by atoms with Crippen molar-refractivity contribution in [3.63, 3.8) is 0 Å². The van der Waals surface area contributed by atoms with Crippen LogP contribution in [0.1, 0.15) is 5.69 Å². The zero-order valence-electron chi connectivity index (χ0n) is 6.96. The van der Waals surface area contributed by atoms with Crippen molar-refractivity contribution in [1.82, 2.24) is 10.6 Å². The van der Waals surface area contributed by atoms with Gasteiger partial charge in [-0.2, -0.15) is 0 Å². The summed E-state index contributed by atoms with van der Waals surface area (Å²) in [6, 6.07) is 0. The van der Waals surface area contributed by atoms with Gasteiger partial charge in [0, 0.05) is 6.54 Å². The maximum absolute atomic E-state index is 10.9. The summed E-state index contributed by atoms with van der Waals surface area (Å²) in [6.45, 7) is 4.70. The molecule has 0 aliphatic heterocycles. The molecule has 12 heavy (non-hydrogen) atoms. The van der Waals surface area contributed by atoms with E-state index in [4.69, 9.17) is 0 Å². The molecule has 0 radical (unpaired) electrons. The highest BCUT2D eigenvalue weighted by Gasteiger charge is 2.14. The van der Waals surface area contributed by atoms with Gasteiger partial charge in [-0.3, -0.25) is 4.52 Å². The predicted octanol–water partition coefficient (Wildman–Crippen LogP) is -0.932. The fourth-order valence-electron chi connectivity index (χ4n) is 0.844. The molecular weight excluding hydrogens is 158 g/mol. The summed E-state index contributed by atoms with van der Waals surface area (Å²) < 4.78 is 6.08. The van der Waals surface area contributed by atoms with Gasteiger partial charge in [0.1, 0.15) is 0 Å². The molecule has 0 aromatic carbocycles. The van der Waals surface area contributed by atoms with E-state index in [1.165, 1.54) is 0 Å². The largest absolute Gasteiger partial charge is 0.431 e. The van der Waals surface area contributed by atoms with Crippen LogP contribution in [0.5, 0.6) is 0 Å². The Morgan fingerprint density at radius 3 is 3.08 bits per heavy atom. The molecular formula is C7H12N3O2+. The molecule has 1 heterocycles. The maximum atomic E-state index is 10.9. The minimum absolute atomic E-state index is 0.339. The van der Waals surface area contributed by atoms with Crippen LogP contribution in [0, 0.1) is 0 Å². The van der Waals surface area contributed by atoms with E-state index in [9.17, 15) is 4.79 Å². The van der Waals surface area contributed by atoms with Crippen LogP contribution in [0.25, 0.3) is 0 Å². The third-order valence-corrected chi connectivity index (χ3v) is 1.50. The number of aromatic amines is 1. The molecule has 1 rings (SSSR count). The second-order valence-corrected chi connectivity index (χ2v) is 2.41. The average molecular weight is 170 g/mol. The molecule has 5 heteroatoms. The number of hydrogen-bond acceptors (Lipinski definition) is 3. The lowest BCUT2D eigenvalue weighted by molar-refractivity contribution is -0.746. The van der Waals surface area contributed by atoms with Gasteiger partial charge in [0.05, 0.1) is 6.54 Å². The molecule has 0 fully saturated rings. The van der Waals surface area contributed by atoms with Crippen molar-refractivity contribution in [1.29, 1.82) is 0 Å². The van der Waals surface area contributed by atoms with Crippen molar-refractivity contribution in [3.8, 4) is 0 Å². The first-order valence-electron chi connectivity index (χ1n) is 3.63. The van der Waals surface area contributed by atoms with Gasteiger partial charge >= 0.3 is 11.3 Å². The fourth-order valence-corrected chi connectivity index (χ4v) is 0.844. The highest BCUT2D eigenvalue weighted by Crippen LogP contribution is 1.77. The van der Waals surface area contributed by atoms with E-state index in [0.717, 1.165) is 0 Å². The van der Waals surface area contributed by atoms with Crippen LogP contribution in [0.3, 0.4) is 0 Å². The standard InChI is InChI=1S/C7H11N3O2/c1-3-4-8-5-6-7(11)12-9-10(6)2/h3,8H,1,4-5H2,2H3/p+1. The number of nitrogens with one attached hydrogen (secondary N) is 2. The molecule has 0 aliphatic rings. The topological polar surface area (TPSA) is 61.9 Å². The molecule has 66 valence electrons. The minimum Gasteiger partial charge on any atom is -0.304 e. The van der Waals surface area contributed by atoms with Gasteiger partial charge in [0.25, 0.3) is 0 Å². The SMILES string of the molecule is C=CCNCc1c(=O)o[nH][n+]1C. The van der Waals surface area contributed by atoms with Crippen molar-refractivity contribution in [2.45, 2.75) is 6.54 Å². The number of aryl methyl sites for hydroxylation is 1. The molecule has 5 nitrogen and oxygen atoms in total. The van der Waals surface area contributed by atoms with Gasteiger partial charge in [-0.1, -0.05) is 10.8 Å². The summed E-state index contributed by atoms with van der Waals surface area (Å²) in [5.74, 6) is 0. The van der Waals surface area contributed by atoms with Crippen molar-refractivity contribution in [2.75, 3.05) is 6.54 Å². The first kappa shape index (κ1) is 8.73. The van der Waals surface area contributed by atoms with E-state index in [1.807, 2.05) is 0 Å². The normalized spacial score (nSPS) is 10.1. The molecule has 0 spiro atoms. The van der Waals surface area contributed by atoms with Crippen molar-refractivity contribution in [2.24, 2.45) is 7.05 Å². The maximum Gasteiger partial charge on any atom is 0.431 e. The Bertz CT molecular complexity index is 313. The monoisotopic (exact) mass is 170 g/mol. The van der Waals surface area contributed by atoms with Crippen molar-refractivity contribution < 1.29 is 9.20 Å². The Morgan fingerprint density at radius 2 is 2.58 bits per heavy atom. The van der Waals surface area contributed by atoms with Crippen LogP contribution in [0.4, 0.5) is 0 Å². The Morgan fingerprint density at radius 1 is 1.83 bits per heavy atom. The Kier molecular flexibility index (Phi) is 2.82. The zero-order valence-corrected chi connectivity index (χ0v) is 6.96. The quantitative estimate of drug-likeness (QED) is 0.348. The zero-order chi connectivity index (χ0) is 8.97. The average Bonchev–Trinajstić information content (AvgIpc) is 2.35. The Labute approximate surface area is 69.6 Å². The number of aromatic nitrogens is 2. The third-order valence-electron chi connectivity index (χ3n) is 1.50. The van der Waals surface area contributed by atoms with Gasteiger partial charge in [0.15, 0.2) is 7.05 Å². The van der Waals surface area contributed by atoms with Crippen molar-refractivity contribution in [3.05, 3.63) is 28.8 Å². The Hall–Kier alpha value is -1.36. The molecule has 0 aliphatic carbocycles.